The lowest BCUT2D eigenvalue weighted by Gasteiger charge is -2.37. The number of pyridine rings is 1. The number of carbonyl (C=O) groups excluding carboxylic acids is 1. The summed E-state index contributed by atoms with van der Waals surface area (Å²) in [5, 5.41) is 1.25. The Morgan fingerprint density at radius 2 is 1.68 bits per heavy atom. The minimum absolute atomic E-state index is 0.117. The number of aromatic nitrogens is 1. The van der Waals surface area contributed by atoms with Gasteiger partial charge in [-0.2, -0.15) is 0 Å². The van der Waals surface area contributed by atoms with Crippen molar-refractivity contribution in [3.63, 3.8) is 0 Å². The second-order valence-corrected chi connectivity index (χ2v) is 10.1. The molecule has 1 aromatic heterocycles. The number of carbonyl (C=O) groups is 1. The smallest absolute Gasteiger partial charge is 0.225 e. The van der Waals surface area contributed by atoms with E-state index in [9.17, 15) is 4.79 Å². The van der Waals surface area contributed by atoms with Gasteiger partial charge in [0.2, 0.25) is 5.91 Å². The molecular formula is C26H33Cl2N5O. The number of aliphatic imine (C=N–C) groups is 1. The van der Waals surface area contributed by atoms with Crippen LogP contribution in [0, 0.1) is 11.8 Å². The summed E-state index contributed by atoms with van der Waals surface area (Å²) in [6.45, 7) is 7.01. The number of halogens is 2. The van der Waals surface area contributed by atoms with Crippen LogP contribution in [0.15, 0.2) is 41.5 Å². The Morgan fingerprint density at radius 1 is 1.03 bits per heavy atom. The molecule has 6 nitrogen and oxygen atoms in total. The number of rotatable bonds is 6. The van der Waals surface area contributed by atoms with E-state index < -0.39 is 0 Å². The highest BCUT2D eigenvalue weighted by Gasteiger charge is 2.32. The molecule has 8 heteroatoms. The van der Waals surface area contributed by atoms with Gasteiger partial charge in [0, 0.05) is 60.0 Å². The van der Waals surface area contributed by atoms with Crippen molar-refractivity contribution in [2.24, 2.45) is 16.8 Å². The fraction of sp³-hybridized carbons (Fsp3) is 0.500. The zero-order valence-corrected chi connectivity index (χ0v) is 21.2. The van der Waals surface area contributed by atoms with E-state index in [1.165, 1.54) is 5.56 Å². The third-order valence-corrected chi connectivity index (χ3v) is 7.31. The lowest BCUT2D eigenvalue weighted by atomic mass is 9.86. The van der Waals surface area contributed by atoms with Crippen molar-refractivity contribution in [2.45, 2.75) is 39.2 Å². The van der Waals surface area contributed by atoms with Gasteiger partial charge in [0.15, 0.2) is 0 Å². The molecule has 0 spiro atoms. The van der Waals surface area contributed by atoms with E-state index in [1.54, 1.807) is 12.3 Å². The number of anilines is 1. The van der Waals surface area contributed by atoms with Crippen LogP contribution in [-0.2, 0) is 11.3 Å². The Morgan fingerprint density at radius 3 is 2.29 bits per heavy atom. The van der Waals surface area contributed by atoms with Crippen molar-refractivity contribution in [1.82, 2.24) is 14.8 Å². The molecule has 182 valence electrons. The highest BCUT2D eigenvalue weighted by Crippen LogP contribution is 2.29. The summed E-state index contributed by atoms with van der Waals surface area (Å²) in [6, 6.07) is 9.55. The van der Waals surface area contributed by atoms with Crippen molar-refractivity contribution >= 4 is 40.6 Å². The van der Waals surface area contributed by atoms with Crippen molar-refractivity contribution in [3.05, 3.63) is 57.7 Å². The highest BCUT2D eigenvalue weighted by molar-refractivity contribution is 6.35. The van der Waals surface area contributed by atoms with E-state index in [1.807, 2.05) is 31.2 Å². The van der Waals surface area contributed by atoms with Gasteiger partial charge in [-0.1, -0.05) is 23.2 Å². The maximum absolute atomic E-state index is 13.2. The number of likely N-dealkylation sites (tertiary alicyclic amines) is 2. The summed E-state index contributed by atoms with van der Waals surface area (Å²) < 4.78 is 0. The number of nitrogens with two attached hydrogens (primary N) is 1. The van der Waals surface area contributed by atoms with Crippen LogP contribution in [0.25, 0.3) is 0 Å². The Labute approximate surface area is 212 Å². The molecule has 2 aromatic rings. The van der Waals surface area contributed by atoms with Crippen LogP contribution in [0.5, 0.6) is 0 Å². The van der Waals surface area contributed by atoms with Crippen LogP contribution >= 0.6 is 23.2 Å². The van der Waals surface area contributed by atoms with E-state index in [4.69, 9.17) is 33.9 Å². The first-order valence-electron chi connectivity index (χ1n) is 12.1. The molecule has 0 atom stereocenters. The molecule has 2 aliphatic heterocycles. The molecule has 2 saturated heterocycles. The van der Waals surface area contributed by atoms with Gasteiger partial charge in [-0.15, -0.1) is 0 Å². The first-order chi connectivity index (χ1) is 16.4. The van der Waals surface area contributed by atoms with Gasteiger partial charge >= 0.3 is 0 Å². The number of hydrogen-bond donors (Lipinski definition) is 1. The predicted molar refractivity (Wildman–Crippen MR) is 139 cm³/mol. The first kappa shape index (κ1) is 25.0. The summed E-state index contributed by atoms with van der Waals surface area (Å²) in [7, 11) is 0. The van der Waals surface area contributed by atoms with Gasteiger partial charge in [0.05, 0.1) is 0 Å². The van der Waals surface area contributed by atoms with E-state index >= 15 is 0 Å². The fourth-order valence-corrected chi connectivity index (χ4v) is 5.67. The number of nitrogen functional groups attached to an aromatic ring is 1. The van der Waals surface area contributed by atoms with Crippen LogP contribution in [0.4, 0.5) is 5.82 Å². The molecular weight excluding hydrogens is 469 g/mol. The van der Waals surface area contributed by atoms with Crippen molar-refractivity contribution in [1.29, 1.82) is 0 Å². The summed E-state index contributed by atoms with van der Waals surface area (Å²) in [6.07, 6.45) is 5.39. The summed E-state index contributed by atoms with van der Waals surface area (Å²) in [5.41, 5.74) is 9.02. The molecule has 3 heterocycles. The maximum Gasteiger partial charge on any atom is 0.225 e. The van der Waals surface area contributed by atoms with Crippen LogP contribution in [0.2, 0.25) is 10.0 Å². The highest BCUT2D eigenvalue weighted by atomic mass is 35.5. The second kappa shape index (κ2) is 11.5. The van der Waals surface area contributed by atoms with E-state index in [0.29, 0.717) is 34.2 Å². The van der Waals surface area contributed by atoms with Crippen molar-refractivity contribution in [2.75, 3.05) is 38.5 Å². The Kier molecular flexibility index (Phi) is 8.46. The standard InChI is InChI=1S/C26H33Cl2N5O/c1-2-30-25(21-14-22(27)16-23(28)15-21)19-6-11-33(12-7-19)26(34)20-4-9-32(10-5-20)17-18-3-8-31-24(29)13-18/h3,8,13-16,19-20H,2,4-7,9-12,17H2,1H3,(H2,29,31)/b30-25-. The van der Waals surface area contributed by atoms with Gasteiger partial charge < -0.3 is 10.6 Å². The molecule has 0 aliphatic carbocycles. The lowest BCUT2D eigenvalue weighted by Crippen LogP contribution is -2.46. The largest absolute Gasteiger partial charge is 0.384 e. The quantitative estimate of drug-likeness (QED) is 0.569. The SMILES string of the molecule is CC/N=C(\c1cc(Cl)cc(Cl)c1)C1CCN(C(=O)C2CCN(Cc3ccnc(N)c3)CC2)CC1. The van der Waals surface area contributed by atoms with Gasteiger partial charge in [0.25, 0.3) is 0 Å². The first-order valence-corrected chi connectivity index (χ1v) is 12.9. The Bertz CT molecular complexity index is 1010. The van der Waals surface area contributed by atoms with E-state index in [0.717, 1.165) is 69.7 Å². The zero-order valence-electron chi connectivity index (χ0n) is 19.7. The van der Waals surface area contributed by atoms with E-state index in [-0.39, 0.29) is 5.92 Å². The lowest BCUT2D eigenvalue weighted by molar-refractivity contribution is -0.138. The van der Waals surface area contributed by atoms with Crippen LogP contribution in [0.1, 0.15) is 43.7 Å². The minimum atomic E-state index is 0.117. The molecule has 34 heavy (non-hydrogen) atoms. The average molecular weight is 502 g/mol. The normalized spacial score (nSPS) is 18.9. The molecule has 4 rings (SSSR count). The van der Waals surface area contributed by atoms with Crippen LogP contribution in [0.3, 0.4) is 0 Å². The van der Waals surface area contributed by atoms with Crippen molar-refractivity contribution < 1.29 is 4.79 Å². The Hall–Kier alpha value is -2.15. The average Bonchev–Trinajstić information content (AvgIpc) is 2.82. The molecule has 2 aliphatic rings. The number of nitrogens with zero attached hydrogens (tertiary/aromatic N) is 4. The van der Waals surface area contributed by atoms with Gasteiger partial charge in [-0.25, -0.2) is 4.98 Å². The Balaban J connectivity index is 1.30. The maximum atomic E-state index is 13.2. The predicted octanol–water partition coefficient (Wildman–Crippen LogP) is 4.93. The van der Waals surface area contributed by atoms with Gasteiger partial charge in [-0.3, -0.25) is 14.7 Å². The molecule has 0 unspecified atom stereocenters. The topological polar surface area (TPSA) is 74.8 Å². The third-order valence-electron chi connectivity index (χ3n) is 6.87. The second-order valence-electron chi connectivity index (χ2n) is 9.26. The fourth-order valence-electron chi connectivity index (χ4n) is 5.15. The molecule has 0 radical (unpaired) electrons. The summed E-state index contributed by atoms with van der Waals surface area (Å²) in [4.78, 5) is 26.6. The molecule has 2 N–H and O–H groups in total. The summed E-state index contributed by atoms with van der Waals surface area (Å²) in [5.74, 6) is 1.29. The van der Waals surface area contributed by atoms with Crippen LogP contribution in [-0.4, -0.2) is 59.1 Å². The van der Waals surface area contributed by atoms with Crippen molar-refractivity contribution in [3.8, 4) is 0 Å². The van der Waals surface area contributed by atoms with Gasteiger partial charge in [-0.05, 0) is 87.2 Å². The zero-order chi connectivity index (χ0) is 24.1. The number of hydrogen-bond acceptors (Lipinski definition) is 5. The van der Waals surface area contributed by atoms with Crippen LogP contribution < -0.4 is 5.73 Å². The van der Waals surface area contributed by atoms with Gasteiger partial charge in [0.1, 0.15) is 5.82 Å². The number of benzene rings is 1. The number of piperidine rings is 2. The third kappa shape index (κ3) is 6.29. The van der Waals surface area contributed by atoms with E-state index in [2.05, 4.69) is 14.8 Å². The molecule has 0 saturated carbocycles. The molecule has 1 aromatic carbocycles. The molecule has 2 fully saturated rings. The molecule has 1 amide bonds. The number of amides is 1. The monoisotopic (exact) mass is 501 g/mol. The summed E-state index contributed by atoms with van der Waals surface area (Å²) >= 11 is 12.5. The minimum Gasteiger partial charge on any atom is -0.384 e. The molecule has 0 bridgehead atoms.